The van der Waals surface area contributed by atoms with E-state index in [1.165, 1.54) is 29.5 Å². The Kier molecular flexibility index (Phi) is 5.39. The molecule has 1 N–H and O–H groups in total. The first-order chi connectivity index (χ1) is 10.0. The van der Waals surface area contributed by atoms with Gasteiger partial charge < -0.3 is 5.32 Å². The quantitative estimate of drug-likeness (QED) is 0.848. The molecule has 110 valence electrons. The zero-order chi connectivity index (χ0) is 15.2. The van der Waals surface area contributed by atoms with Gasteiger partial charge in [-0.25, -0.2) is 4.39 Å². The topological polar surface area (TPSA) is 29.1 Å². The van der Waals surface area contributed by atoms with Gasteiger partial charge in [0, 0.05) is 11.4 Å². The van der Waals surface area contributed by atoms with Crippen LogP contribution < -0.4 is 5.32 Å². The predicted octanol–water partition coefficient (Wildman–Crippen LogP) is 3.93. The molecule has 2 nitrogen and oxygen atoms in total. The fraction of sp³-hybridized carbons (Fsp3) is 0.235. The van der Waals surface area contributed by atoms with Crippen molar-refractivity contribution in [2.45, 2.75) is 30.5 Å². The summed E-state index contributed by atoms with van der Waals surface area (Å²) in [7, 11) is 0. The van der Waals surface area contributed by atoms with Crippen molar-refractivity contribution >= 4 is 17.7 Å². The highest BCUT2D eigenvalue weighted by Gasteiger charge is 2.13. The maximum Gasteiger partial charge on any atom is 0.233 e. The number of hydrogen-bond acceptors (Lipinski definition) is 2. The van der Waals surface area contributed by atoms with Crippen molar-refractivity contribution in [1.82, 2.24) is 5.32 Å². The molecule has 0 fully saturated rings. The molecule has 0 aromatic heterocycles. The molecule has 0 unspecified atom stereocenters. The lowest BCUT2D eigenvalue weighted by Crippen LogP contribution is -2.30. The number of amides is 1. The maximum atomic E-state index is 12.8. The Morgan fingerprint density at radius 1 is 1.14 bits per heavy atom. The summed E-state index contributed by atoms with van der Waals surface area (Å²) in [4.78, 5) is 13.1. The highest BCUT2D eigenvalue weighted by atomic mass is 32.2. The molecule has 2 aromatic carbocycles. The predicted molar refractivity (Wildman–Crippen MR) is 84.7 cm³/mol. The summed E-state index contributed by atoms with van der Waals surface area (Å²) in [6, 6.07) is 14.2. The monoisotopic (exact) mass is 303 g/mol. The minimum atomic E-state index is -0.270. The van der Waals surface area contributed by atoms with Crippen molar-refractivity contribution in [3.05, 3.63) is 65.5 Å². The summed E-state index contributed by atoms with van der Waals surface area (Å²) in [5.41, 5.74) is 2.09. The fourth-order valence-corrected chi connectivity index (χ4v) is 2.70. The van der Waals surface area contributed by atoms with Crippen molar-refractivity contribution in [3.8, 4) is 0 Å². The van der Waals surface area contributed by atoms with Crippen LogP contribution in [0.25, 0.3) is 0 Å². The van der Waals surface area contributed by atoms with Crippen LogP contribution in [-0.2, 0) is 11.3 Å². The van der Waals surface area contributed by atoms with Gasteiger partial charge in [-0.3, -0.25) is 4.79 Å². The first-order valence-electron chi connectivity index (χ1n) is 6.80. The molecule has 2 aromatic rings. The molecule has 4 heteroatoms. The number of carbonyl (C=O) groups excluding carboxylic acids is 1. The average molecular weight is 303 g/mol. The van der Waals surface area contributed by atoms with Gasteiger partial charge in [-0.1, -0.05) is 29.8 Å². The third kappa shape index (κ3) is 4.90. The molecule has 0 bridgehead atoms. The highest BCUT2D eigenvalue weighted by molar-refractivity contribution is 8.00. The normalized spacial score (nSPS) is 12.0. The summed E-state index contributed by atoms with van der Waals surface area (Å²) in [6.45, 7) is 4.33. The van der Waals surface area contributed by atoms with Gasteiger partial charge in [-0.15, -0.1) is 11.8 Å². The van der Waals surface area contributed by atoms with E-state index < -0.39 is 0 Å². The van der Waals surface area contributed by atoms with Crippen molar-refractivity contribution in [3.63, 3.8) is 0 Å². The van der Waals surface area contributed by atoms with Gasteiger partial charge in [-0.05, 0) is 43.7 Å². The summed E-state index contributed by atoms with van der Waals surface area (Å²) in [6.07, 6.45) is 0. The van der Waals surface area contributed by atoms with E-state index in [1.54, 1.807) is 12.1 Å². The molecule has 1 atom stereocenters. The highest BCUT2D eigenvalue weighted by Crippen LogP contribution is 2.23. The Morgan fingerprint density at radius 3 is 2.38 bits per heavy atom. The molecule has 0 radical (unpaired) electrons. The smallest absolute Gasteiger partial charge is 0.233 e. The number of rotatable bonds is 5. The Bertz CT molecular complexity index is 595. The van der Waals surface area contributed by atoms with Crippen molar-refractivity contribution in [2.24, 2.45) is 0 Å². The van der Waals surface area contributed by atoms with E-state index in [4.69, 9.17) is 0 Å². The van der Waals surface area contributed by atoms with E-state index in [0.717, 1.165) is 10.5 Å². The van der Waals surface area contributed by atoms with Crippen LogP contribution in [0.3, 0.4) is 0 Å². The second-order valence-electron chi connectivity index (χ2n) is 4.92. The first-order valence-corrected chi connectivity index (χ1v) is 7.68. The number of benzene rings is 2. The molecule has 0 heterocycles. The largest absolute Gasteiger partial charge is 0.351 e. The van der Waals surface area contributed by atoms with Crippen molar-refractivity contribution in [2.75, 3.05) is 0 Å². The summed E-state index contributed by atoms with van der Waals surface area (Å²) in [5, 5.41) is 2.69. The number of carbonyl (C=O) groups is 1. The number of aryl methyl sites for hydroxylation is 1. The van der Waals surface area contributed by atoms with E-state index >= 15 is 0 Å². The van der Waals surface area contributed by atoms with Crippen LogP contribution >= 0.6 is 11.8 Å². The molecule has 0 aliphatic rings. The van der Waals surface area contributed by atoms with E-state index in [1.807, 2.05) is 38.1 Å². The molecule has 2 rings (SSSR count). The lowest BCUT2D eigenvalue weighted by Gasteiger charge is -2.12. The van der Waals surface area contributed by atoms with Crippen LogP contribution in [0.1, 0.15) is 18.1 Å². The summed E-state index contributed by atoms with van der Waals surface area (Å²) in [5.74, 6) is -0.293. The van der Waals surface area contributed by atoms with Crippen molar-refractivity contribution < 1.29 is 9.18 Å². The zero-order valence-electron chi connectivity index (χ0n) is 12.1. The minimum absolute atomic E-state index is 0.0232. The molecular formula is C17H18FNOS. The standard InChI is InChI=1S/C17H18FNOS/c1-12-3-9-16(10-4-12)21-13(2)17(20)19-11-14-5-7-15(18)8-6-14/h3-10,13H,11H2,1-2H3,(H,19,20)/t13-/m1/s1. The Labute approximate surface area is 128 Å². The molecule has 0 saturated heterocycles. The van der Waals surface area contributed by atoms with Gasteiger partial charge in [-0.2, -0.15) is 0 Å². The van der Waals surface area contributed by atoms with Gasteiger partial charge >= 0.3 is 0 Å². The van der Waals surface area contributed by atoms with Gasteiger partial charge in [0.05, 0.1) is 5.25 Å². The Hall–Kier alpha value is -1.81. The van der Waals surface area contributed by atoms with Crippen LogP contribution in [0.4, 0.5) is 4.39 Å². The van der Waals surface area contributed by atoms with E-state index in [2.05, 4.69) is 5.32 Å². The zero-order valence-corrected chi connectivity index (χ0v) is 12.9. The third-order valence-corrected chi connectivity index (χ3v) is 4.20. The van der Waals surface area contributed by atoms with Crippen molar-refractivity contribution in [1.29, 1.82) is 0 Å². The molecule has 0 spiro atoms. The first kappa shape index (κ1) is 15.6. The molecular weight excluding hydrogens is 285 g/mol. The van der Waals surface area contributed by atoms with E-state index in [-0.39, 0.29) is 17.0 Å². The number of thioether (sulfide) groups is 1. The Morgan fingerprint density at radius 2 is 1.76 bits per heavy atom. The number of halogens is 1. The number of nitrogens with one attached hydrogen (secondary N) is 1. The maximum absolute atomic E-state index is 12.8. The minimum Gasteiger partial charge on any atom is -0.351 e. The second kappa shape index (κ2) is 7.27. The van der Waals surface area contributed by atoms with Crippen LogP contribution in [-0.4, -0.2) is 11.2 Å². The van der Waals surface area contributed by atoms with Gasteiger partial charge in [0.2, 0.25) is 5.91 Å². The lowest BCUT2D eigenvalue weighted by molar-refractivity contribution is -0.120. The number of hydrogen-bond donors (Lipinski definition) is 1. The van der Waals surface area contributed by atoms with E-state index in [9.17, 15) is 9.18 Å². The van der Waals surface area contributed by atoms with Crippen LogP contribution in [0.5, 0.6) is 0 Å². The van der Waals surface area contributed by atoms with Crippen LogP contribution in [0.2, 0.25) is 0 Å². The second-order valence-corrected chi connectivity index (χ2v) is 6.33. The molecule has 1 amide bonds. The molecule has 0 aliphatic heterocycles. The summed E-state index contributed by atoms with van der Waals surface area (Å²) < 4.78 is 12.8. The average Bonchev–Trinajstić information content (AvgIpc) is 2.48. The molecule has 21 heavy (non-hydrogen) atoms. The lowest BCUT2D eigenvalue weighted by atomic mass is 10.2. The Balaban J connectivity index is 1.84. The molecule has 0 aliphatic carbocycles. The van der Waals surface area contributed by atoms with Crippen LogP contribution in [0, 0.1) is 12.7 Å². The van der Waals surface area contributed by atoms with Gasteiger partial charge in [0.15, 0.2) is 0 Å². The molecule has 0 saturated carbocycles. The summed E-state index contributed by atoms with van der Waals surface area (Å²) >= 11 is 1.53. The van der Waals surface area contributed by atoms with Gasteiger partial charge in [0.1, 0.15) is 5.82 Å². The van der Waals surface area contributed by atoms with Gasteiger partial charge in [0.25, 0.3) is 0 Å². The third-order valence-electron chi connectivity index (χ3n) is 3.08. The van der Waals surface area contributed by atoms with Crippen LogP contribution in [0.15, 0.2) is 53.4 Å². The SMILES string of the molecule is Cc1ccc(S[C@H](C)C(=O)NCc2ccc(F)cc2)cc1. The van der Waals surface area contributed by atoms with E-state index in [0.29, 0.717) is 6.54 Å². The fourth-order valence-electron chi connectivity index (χ4n) is 1.81.